The molecule has 0 atom stereocenters. The number of nitrogens with one attached hydrogen (secondary N) is 1. The third-order valence-electron chi connectivity index (χ3n) is 3.85. The van der Waals surface area contributed by atoms with Crippen LogP contribution in [0, 0.1) is 0 Å². The lowest BCUT2D eigenvalue weighted by molar-refractivity contribution is 0.600. The Hall–Kier alpha value is -2.15. The van der Waals surface area contributed by atoms with E-state index < -0.39 is 10.0 Å². The number of nitrogens with zero attached hydrogens (tertiary/aromatic N) is 2. The second-order valence-corrected chi connectivity index (χ2v) is 7.13. The van der Waals surface area contributed by atoms with Gasteiger partial charge in [0.05, 0.1) is 16.8 Å². The summed E-state index contributed by atoms with van der Waals surface area (Å²) in [5.74, 6) is 0. The van der Waals surface area contributed by atoms with Crippen LogP contribution < -0.4 is 10.3 Å². The second kappa shape index (κ2) is 5.57. The minimum atomic E-state index is -3.71. The molecule has 1 heterocycles. The van der Waals surface area contributed by atoms with E-state index in [9.17, 15) is 13.2 Å². The Bertz CT molecular complexity index is 872. The predicted molar refractivity (Wildman–Crippen MR) is 83.4 cm³/mol. The van der Waals surface area contributed by atoms with E-state index in [4.69, 9.17) is 0 Å². The minimum Gasteiger partial charge on any atom is -0.278 e. The van der Waals surface area contributed by atoms with Gasteiger partial charge >= 0.3 is 0 Å². The van der Waals surface area contributed by atoms with Crippen molar-refractivity contribution in [2.45, 2.75) is 30.6 Å². The lowest BCUT2D eigenvalue weighted by atomic mass is 9.92. The first kappa shape index (κ1) is 14.8. The molecular formula is C15H17N3O3S. The van der Waals surface area contributed by atoms with Crippen LogP contribution in [-0.2, 0) is 29.9 Å². The lowest BCUT2D eigenvalue weighted by Crippen LogP contribution is -2.21. The first-order chi connectivity index (χ1) is 10.5. The van der Waals surface area contributed by atoms with E-state index in [0.29, 0.717) is 0 Å². The van der Waals surface area contributed by atoms with Crippen molar-refractivity contribution < 1.29 is 8.42 Å². The van der Waals surface area contributed by atoms with Crippen LogP contribution in [0.4, 0.5) is 5.69 Å². The molecule has 0 aliphatic heterocycles. The van der Waals surface area contributed by atoms with Gasteiger partial charge in [-0.3, -0.25) is 9.52 Å². The molecule has 7 heteroatoms. The van der Waals surface area contributed by atoms with Crippen molar-refractivity contribution in [2.75, 3.05) is 4.72 Å². The Morgan fingerprint density at radius 3 is 2.59 bits per heavy atom. The highest BCUT2D eigenvalue weighted by Gasteiger charge is 2.18. The maximum atomic E-state index is 12.4. The second-order valence-electron chi connectivity index (χ2n) is 5.45. The molecule has 0 radical (unpaired) electrons. The summed E-state index contributed by atoms with van der Waals surface area (Å²) in [4.78, 5) is 11.7. The van der Waals surface area contributed by atoms with Gasteiger partial charge in [0.1, 0.15) is 0 Å². The summed E-state index contributed by atoms with van der Waals surface area (Å²) in [6.45, 7) is 0. The Balaban J connectivity index is 1.92. The predicted octanol–water partition coefficient (Wildman–Crippen LogP) is 1.46. The zero-order chi connectivity index (χ0) is 15.7. The van der Waals surface area contributed by atoms with Gasteiger partial charge in [-0.05, 0) is 48.9 Å². The number of sulfonamides is 1. The molecule has 0 bridgehead atoms. The van der Waals surface area contributed by atoms with Crippen LogP contribution in [-0.4, -0.2) is 18.2 Å². The lowest BCUT2D eigenvalue weighted by Gasteiger charge is -2.17. The van der Waals surface area contributed by atoms with Crippen molar-refractivity contribution in [3.63, 3.8) is 0 Å². The molecule has 0 spiro atoms. The van der Waals surface area contributed by atoms with E-state index in [2.05, 4.69) is 9.82 Å². The molecule has 0 fully saturated rings. The standard InChI is InChI=1S/C15H17N3O3S/c1-18-15(19)9-13(10-16-18)17-22(20,21)14-7-6-11-4-2-3-5-12(11)8-14/h6-10,17H,2-5H2,1H3. The van der Waals surface area contributed by atoms with Gasteiger partial charge in [-0.2, -0.15) is 5.10 Å². The third kappa shape index (κ3) is 2.89. The van der Waals surface area contributed by atoms with Gasteiger partial charge in [0.25, 0.3) is 15.6 Å². The molecule has 2 aromatic rings. The average molecular weight is 319 g/mol. The Kier molecular flexibility index (Phi) is 3.74. The van der Waals surface area contributed by atoms with Gasteiger partial charge in [0.2, 0.25) is 0 Å². The summed E-state index contributed by atoms with van der Waals surface area (Å²) < 4.78 is 28.4. The van der Waals surface area contributed by atoms with Crippen molar-refractivity contribution >= 4 is 15.7 Å². The van der Waals surface area contributed by atoms with Gasteiger partial charge in [0, 0.05) is 13.1 Å². The molecule has 0 amide bonds. The van der Waals surface area contributed by atoms with E-state index in [1.54, 1.807) is 12.1 Å². The number of fused-ring (bicyclic) bond motifs is 1. The molecule has 0 saturated heterocycles. The van der Waals surface area contributed by atoms with Crippen molar-refractivity contribution in [1.29, 1.82) is 0 Å². The molecule has 22 heavy (non-hydrogen) atoms. The maximum absolute atomic E-state index is 12.4. The highest BCUT2D eigenvalue weighted by Crippen LogP contribution is 2.24. The van der Waals surface area contributed by atoms with Crippen molar-refractivity contribution in [3.8, 4) is 0 Å². The van der Waals surface area contributed by atoms with Gasteiger partial charge in [-0.15, -0.1) is 0 Å². The average Bonchev–Trinajstić information content (AvgIpc) is 2.50. The molecular weight excluding hydrogens is 302 g/mol. The Morgan fingerprint density at radius 1 is 1.14 bits per heavy atom. The van der Waals surface area contributed by atoms with Gasteiger partial charge in [-0.1, -0.05) is 6.07 Å². The van der Waals surface area contributed by atoms with Crippen LogP contribution in [0.25, 0.3) is 0 Å². The highest BCUT2D eigenvalue weighted by atomic mass is 32.2. The summed E-state index contributed by atoms with van der Waals surface area (Å²) in [7, 11) is -2.21. The van der Waals surface area contributed by atoms with E-state index in [-0.39, 0.29) is 16.1 Å². The molecule has 3 rings (SSSR count). The molecule has 1 aromatic carbocycles. The SMILES string of the molecule is Cn1ncc(NS(=O)(=O)c2ccc3c(c2)CCCC3)cc1=O. The smallest absolute Gasteiger partial charge is 0.268 e. The number of benzene rings is 1. The number of aryl methyl sites for hydroxylation is 3. The van der Waals surface area contributed by atoms with E-state index >= 15 is 0 Å². The topological polar surface area (TPSA) is 81.1 Å². The van der Waals surface area contributed by atoms with Gasteiger partial charge in [-0.25, -0.2) is 13.1 Å². The van der Waals surface area contributed by atoms with E-state index in [0.717, 1.165) is 35.9 Å². The Labute approximate surface area is 128 Å². The third-order valence-corrected chi connectivity index (χ3v) is 5.23. The quantitative estimate of drug-likeness (QED) is 0.928. The minimum absolute atomic E-state index is 0.167. The number of rotatable bonds is 3. The van der Waals surface area contributed by atoms with Crippen LogP contribution in [0.1, 0.15) is 24.0 Å². The summed E-state index contributed by atoms with van der Waals surface area (Å²) in [5.41, 5.74) is 2.11. The molecule has 1 aromatic heterocycles. The van der Waals surface area contributed by atoms with Crippen LogP contribution in [0.15, 0.2) is 40.2 Å². The van der Waals surface area contributed by atoms with Crippen LogP contribution in [0.5, 0.6) is 0 Å². The first-order valence-corrected chi connectivity index (χ1v) is 8.62. The van der Waals surface area contributed by atoms with Crippen LogP contribution >= 0.6 is 0 Å². The highest BCUT2D eigenvalue weighted by molar-refractivity contribution is 7.92. The summed E-state index contributed by atoms with van der Waals surface area (Å²) >= 11 is 0. The molecule has 1 aliphatic rings. The van der Waals surface area contributed by atoms with Crippen molar-refractivity contribution in [3.05, 3.63) is 51.9 Å². The molecule has 1 aliphatic carbocycles. The fraction of sp³-hybridized carbons (Fsp3) is 0.333. The Morgan fingerprint density at radius 2 is 1.86 bits per heavy atom. The number of hydrogen-bond acceptors (Lipinski definition) is 4. The van der Waals surface area contributed by atoms with E-state index in [1.165, 1.54) is 24.9 Å². The zero-order valence-electron chi connectivity index (χ0n) is 12.2. The number of aromatic nitrogens is 2. The monoisotopic (exact) mass is 319 g/mol. The summed E-state index contributed by atoms with van der Waals surface area (Å²) in [5, 5.41) is 3.80. The van der Waals surface area contributed by atoms with Crippen LogP contribution in [0.2, 0.25) is 0 Å². The molecule has 1 N–H and O–H groups in total. The first-order valence-electron chi connectivity index (χ1n) is 7.14. The van der Waals surface area contributed by atoms with Gasteiger partial charge in [0.15, 0.2) is 0 Å². The molecule has 0 unspecified atom stereocenters. The van der Waals surface area contributed by atoms with Crippen molar-refractivity contribution in [2.24, 2.45) is 7.05 Å². The number of anilines is 1. The number of hydrogen-bond donors (Lipinski definition) is 1. The largest absolute Gasteiger partial charge is 0.278 e. The summed E-state index contributed by atoms with van der Waals surface area (Å²) in [6, 6.07) is 6.43. The van der Waals surface area contributed by atoms with Crippen molar-refractivity contribution in [1.82, 2.24) is 9.78 Å². The molecule has 116 valence electrons. The normalized spacial score (nSPS) is 14.4. The molecule has 6 nitrogen and oxygen atoms in total. The fourth-order valence-electron chi connectivity index (χ4n) is 2.62. The van der Waals surface area contributed by atoms with E-state index in [1.807, 2.05) is 6.07 Å². The van der Waals surface area contributed by atoms with Gasteiger partial charge < -0.3 is 0 Å². The zero-order valence-corrected chi connectivity index (χ0v) is 13.1. The maximum Gasteiger partial charge on any atom is 0.268 e. The van der Waals surface area contributed by atoms with Crippen LogP contribution in [0.3, 0.4) is 0 Å². The fourth-order valence-corrected chi connectivity index (χ4v) is 3.70. The molecule has 0 saturated carbocycles. The summed E-state index contributed by atoms with van der Waals surface area (Å²) in [6.07, 6.45) is 5.46.